The number of carbonyl (C=O) groups is 1. The lowest BCUT2D eigenvalue weighted by molar-refractivity contribution is -0.694. The summed E-state index contributed by atoms with van der Waals surface area (Å²) >= 11 is 0. The zero-order chi connectivity index (χ0) is 28.8. The van der Waals surface area contributed by atoms with Crippen molar-refractivity contribution < 1.29 is 22.9 Å². The van der Waals surface area contributed by atoms with Crippen LogP contribution in [0.2, 0.25) is 0 Å². The van der Waals surface area contributed by atoms with Crippen LogP contribution in [0.25, 0.3) is 0 Å². The molecule has 1 amide bonds. The summed E-state index contributed by atoms with van der Waals surface area (Å²) in [5.41, 5.74) is 5.23. The molecule has 1 saturated heterocycles. The minimum Gasteiger partial charge on any atom is -0.503 e. The number of allylic oxidation sites excluding steroid dienone is 2. The molecule has 210 valence electrons. The molecule has 2 aromatic heterocycles. The van der Waals surface area contributed by atoms with E-state index < -0.39 is 10.0 Å². The fraction of sp³-hybridized carbons (Fsp3) is 0.233. The lowest BCUT2D eigenvalue weighted by Crippen LogP contribution is -2.53. The zero-order valence-electron chi connectivity index (χ0n) is 22.6. The van der Waals surface area contributed by atoms with Crippen LogP contribution in [0.3, 0.4) is 0 Å². The van der Waals surface area contributed by atoms with Crippen LogP contribution in [0.15, 0.2) is 91.4 Å². The van der Waals surface area contributed by atoms with Crippen LogP contribution in [-0.4, -0.2) is 64.8 Å². The maximum Gasteiger partial charge on any atom is 0.258 e. The van der Waals surface area contributed by atoms with Gasteiger partial charge in [-0.3, -0.25) is 15.2 Å². The van der Waals surface area contributed by atoms with Crippen LogP contribution >= 0.6 is 0 Å². The van der Waals surface area contributed by atoms with Crippen molar-refractivity contribution in [2.45, 2.75) is 19.2 Å². The molecule has 0 bridgehead atoms. The van der Waals surface area contributed by atoms with Gasteiger partial charge in [0.2, 0.25) is 6.20 Å². The van der Waals surface area contributed by atoms with Gasteiger partial charge >= 0.3 is 0 Å². The Morgan fingerprint density at radius 1 is 1.05 bits per heavy atom. The number of aryl methyl sites for hydroxylation is 1. The summed E-state index contributed by atoms with van der Waals surface area (Å²) in [7, 11) is -3.70. The van der Waals surface area contributed by atoms with Gasteiger partial charge in [0.25, 0.3) is 15.9 Å². The SMILES string of the molecule is CC[n+]1cc(O)cc(C#Cc2cncc(C(=O)N3CCN(C4=CC=CNN4S(=O)(=O)Cc4ccccc4)CC3)c2)c1. The van der Waals surface area contributed by atoms with E-state index in [0.29, 0.717) is 60.8 Å². The number of amides is 1. The minimum atomic E-state index is -3.70. The number of pyridine rings is 2. The zero-order valence-corrected chi connectivity index (χ0v) is 23.5. The summed E-state index contributed by atoms with van der Waals surface area (Å²) < 4.78 is 29.6. The summed E-state index contributed by atoms with van der Waals surface area (Å²) in [6.45, 7) is 4.44. The molecule has 4 heterocycles. The monoisotopic (exact) mass is 571 g/mol. The fourth-order valence-electron chi connectivity index (χ4n) is 4.65. The number of benzene rings is 1. The molecule has 2 aliphatic rings. The smallest absolute Gasteiger partial charge is 0.258 e. The molecule has 5 rings (SSSR count). The van der Waals surface area contributed by atoms with Gasteiger partial charge in [0.15, 0.2) is 11.9 Å². The van der Waals surface area contributed by atoms with E-state index in [4.69, 9.17) is 0 Å². The molecule has 1 fully saturated rings. The van der Waals surface area contributed by atoms with Crippen molar-refractivity contribution in [3.05, 3.63) is 114 Å². The van der Waals surface area contributed by atoms with Crippen molar-refractivity contribution in [1.29, 1.82) is 0 Å². The van der Waals surface area contributed by atoms with Gasteiger partial charge < -0.3 is 14.9 Å². The number of hydrazine groups is 1. The van der Waals surface area contributed by atoms with Crippen molar-refractivity contribution in [2.24, 2.45) is 0 Å². The number of hydrogen-bond donors (Lipinski definition) is 2. The molecule has 10 nitrogen and oxygen atoms in total. The maximum absolute atomic E-state index is 13.3. The Kier molecular flexibility index (Phi) is 8.21. The third-order valence-electron chi connectivity index (χ3n) is 6.71. The Morgan fingerprint density at radius 3 is 2.56 bits per heavy atom. The summed E-state index contributed by atoms with van der Waals surface area (Å²) in [5.74, 6) is 6.40. The second-order valence-corrected chi connectivity index (χ2v) is 11.4. The van der Waals surface area contributed by atoms with Crippen LogP contribution in [0, 0.1) is 11.8 Å². The fourth-order valence-corrected chi connectivity index (χ4v) is 6.07. The van der Waals surface area contributed by atoms with Crippen molar-refractivity contribution in [2.75, 3.05) is 26.2 Å². The Hall–Kier alpha value is -4.82. The third-order valence-corrected chi connectivity index (χ3v) is 8.26. The van der Waals surface area contributed by atoms with Crippen LogP contribution in [0.5, 0.6) is 5.75 Å². The van der Waals surface area contributed by atoms with Gasteiger partial charge in [0.1, 0.15) is 12.4 Å². The first-order valence-electron chi connectivity index (χ1n) is 13.3. The first-order valence-corrected chi connectivity index (χ1v) is 14.9. The summed E-state index contributed by atoms with van der Waals surface area (Å²) in [6.07, 6.45) is 11.7. The highest BCUT2D eigenvalue weighted by Gasteiger charge is 2.31. The lowest BCUT2D eigenvalue weighted by Gasteiger charge is -2.41. The highest BCUT2D eigenvalue weighted by molar-refractivity contribution is 7.88. The Balaban J connectivity index is 1.24. The van der Waals surface area contributed by atoms with Crippen molar-refractivity contribution >= 4 is 15.9 Å². The molecule has 0 spiro atoms. The standard InChI is InChI=1S/C30H30N6O4S/c1-2-33-21-26(18-28(37)22-33)11-10-25-17-27(20-31-19-25)30(38)35-15-13-34(14-16-35)29-9-6-12-32-36(29)41(39,40)23-24-7-4-3-5-8-24/h3-9,12,17-22,32H,2,13-16,23H2,1H3/p+1. The van der Waals surface area contributed by atoms with E-state index in [0.717, 1.165) is 0 Å². The molecule has 2 aliphatic heterocycles. The van der Waals surface area contributed by atoms with Crippen LogP contribution in [0.4, 0.5) is 0 Å². The van der Waals surface area contributed by atoms with Gasteiger partial charge in [-0.2, -0.15) is 4.41 Å². The average molecular weight is 572 g/mol. The number of nitrogens with one attached hydrogen (secondary N) is 1. The molecule has 0 aliphatic carbocycles. The van der Waals surface area contributed by atoms with Gasteiger partial charge in [-0.15, -0.1) is 0 Å². The van der Waals surface area contributed by atoms with Crippen LogP contribution in [0.1, 0.15) is 34.0 Å². The second kappa shape index (κ2) is 12.1. The summed E-state index contributed by atoms with van der Waals surface area (Å²) in [6, 6.07) is 12.3. The molecule has 2 N–H and O–H groups in total. The Morgan fingerprint density at radius 2 is 1.80 bits per heavy atom. The van der Waals surface area contributed by atoms with E-state index in [-0.39, 0.29) is 17.4 Å². The number of piperazine rings is 1. The average Bonchev–Trinajstić information content (AvgIpc) is 3.00. The Labute approximate surface area is 239 Å². The molecule has 0 atom stereocenters. The molecular formula is C30H31N6O4S+. The van der Waals surface area contributed by atoms with Crippen molar-refractivity contribution in [1.82, 2.24) is 24.6 Å². The largest absolute Gasteiger partial charge is 0.503 e. The normalized spacial score (nSPS) is 15.0. The lowest BCUT2D eigenvalue weighted by atomic mass is 10.1. The van der Waals surface area contributed by atoms with Gasteiger partial charge in [-0.25, -0.2) is 13.0 Å². The Bertz CT molecular complexity index is 1650. The second-order valence-electron chi connectivity index (χ2n) is 9.62. The van der Waals surface area contributed by atoms with Crippen molar-refractivity contribution in [3.63, 3.8) is 0 Å². The number of sulfonamides is 1. The van der Waals surface area contributed by atoms with Gasteiger partial charge in [-0.1, -0.05) is 42.2 Å². The molecule has 41 heavy (non-hydrogen) atoms. The third kappa shape index (κ3) is 6.67. The highest BCUT2D eigenvalue weighted by Crippen LogP contribution is 2.22. The molecular weight excluding hydrogens is 540 g/mol. The maximum atomic E-state index is 13.3. The van der Waals surface area contributed by atoms with Crippen LogP contribution < -0.4 is 9.99 Å². The van der Waals surface area contributed by atoms with E-state index in [2.05, 4.69) is 22.3 Å². The number of carbonyl (C=O) groups excluding carboxylic acids is 1. The first-order chi connectivity index (χ1) is 19.8. The summed E-state index contributed by atoms with van der Waals surface area (Å²) in [4.78, 5) is 21.2. The van der Waals surface area contributed by atoms with Gasteiger partial charge in [0, 0.05) is 56.4 Å². The number of aromatic hydroxyl groups is 1. The quantitative estimate of drug-likeness (QED) is 0.344. The number of hydrogen-bond acceptors (Lipinski definition) is 7. The molecule has 1 aromatic carbocycles. The predicted octanol–water partition coefficient (Wildman–Crippen LogP) is 1.96. The van der Waals surface area contributed by atoms with Gasteiger partial charge in [0.05, 0.1) is 16.9 Å². The minimum absolute atomic E-state index is 0.132. The topological polar surface area (TPSA) is 110 Å². The van der Waals surface area contributed by atoms with E-state index in [1.807, 2.05) is 40.8 Å². The van der Waals surface area contributed by atoms with E-state index in [9.17, 15) is 18.3 Å². The predicted molar refractivity (Wildman–Crippen MR) is 153 cm³/mol. The highest BCUT2D eigenvalue weighted by atomic mass is 32.2. The number of nitrogens with zero attached hydrogens (tertiary/aromatic N) is 5. The van der Waals surface area contributed by atoms with Crippen LogP contribution in [-0.2, 0) is 22.3 Å². The van der Waals surface area contributed by atoms with E-state index >= 15 is 0 Å². The number of aromatic nitrogens is 2. The van der Waals surface area contributed by atoms with Gasteiger partial charge in [-0.05, 0) is 30.7 Å². The summed E-state index contributed by atoms with van der Waals surface area (Å²) in [5, 5.41) is 9.90. The molecule has 0 saturated carbocycles. The van der Waals surface area contributed by atoms with Crippen molar-refractivity contribution in [3.8, 4) is 17.6 Å². The molecule has 0 unspecified atom stereocenters. The first kappa shape index (κ1) is 27.7. The van der Waals surface area contributed by atoms with E-state index in [1.165, 1.54) is 10.6 Å². The van der Waals surface area contributed by atoms with E-state index in [1.54, 1.807) is 59.9 Å². The molecule has 3 aromatic rings. The molecule has 11 heteroatoms. The molecule has 0 radical (unpaired) electrons. The number of rotatable bonds is 6.